The molecule has 1 aliphatic heterocycles. The predicted molar refractivity (Wildman–Crippen MR) is 114 cm³/mol. The Hall–Kier alpha value is -2.75. The number of halogens is 1. The Morgan fingerprint density at radius 1 is 1.00 bits per heavy atom. The van der Waals surface area contributed by atoms with Crippen LogP contribution in [0.3, 0.4) is 0 Å². The first kappa shape index (κ1) is 18.3. The Labute approximate surface area is 171 Å². The lowest BCUT2D eigenvalue weighted by Gasteiger charge is -2.37. The molecule has 148 valence electrons. The summed E-state index contributed by atoms with van der Waals surface area (Å²) in [4.78, 5) is 12.5. The van der Waals surface area contributed by atoms with Crippen molar-refractivity contribution in [3.63, 3.8) is 0 Å². The number of hydrogen-bond acceptors (Lipinski definition) is 3. The van der Waals surface area contributed by atoms with Crippen molar-refractivity contribution in [2.24, 2.45) is 0 Å². The largest absolute Gasteiger partial charge is 0.349 e. The van der Waals surface area contributed by atoms with Crippen molar-refractivity contribution in [1.82, 2.24) is 9.97 Å². The van der Waals surface area contributed by atoms with E-state index in [4.69, 9.17) is 9.97 Å². The van der Waals surface area contributed by atoms with Crippen LogP contribution in [0.4, 0.5) is 10.2 Å². The molecule has 2 aromatic carbocycles. The summed E-state index contributed by atoms with van der Waals surface area (Å²) in [5, 5.41) is 0. The highest BCUT2D eigenvalue weighted by atomic mass is 19.1. The molecule has 0 N–H and O–H groups in total. The first-order valence-electron chi connectivity index (χ1n) is 10.5. The van der Waals surface area contributed by atoms with E-state index in [2.05, 4.69) is 49.9 Å². The predicted octanol–water partition coefficient (Wildman–Crippen LogP) is 5.44. The summed E-state index contributed by atoms with van der Waals surface area (Å²) in [5.74, 6) is 1.73. The van der Waals surface area contributed by atoms with E-state index in [1.54, 1.807) is 12.1 Å². The standard InChI is InChI=1S/C25H26FN3/c1-16-17(2)27-24(25(13-14-25)20-8-10-21(26)11-9-20)28-23(16)29-15-12-19-6-4-5-7-22(19)18(29)3/h4-11,18H,12-15H2,1-3H3. The smallest absolute Gasteiger partial charge is 0.141 e. The van der Waals surface area contributed by atoms with Crippen LogP contribution in [-0.2, 0) is 11.8 Å². The number of anilines is 1. The second kappa shape index (κ2) is 6.65. The molecule has 2 aliphatic rings. The van der Waals surface area contributed by atoms with Gasteiger partial charge in [0, 0.05) is 17.8 Å². The Balaban J connectivity index is 1.57. The minimum atomic E-state index is -0.202. The second-order valence-electron chi connectivity index (χ2n) is 8.49. The highest BCUT2D eigenvalue weighted by Gasteiger charge is 2.49. The van der Waals surface area contributed by atoms with Gasteiger partial charge < -0.3 is 4.90 Å². The van der Waals surface area contributed by atoms with Crippen LogP contribution in [0.1, 0.15) is 59.6 Å². The molecule has 1 fully saturated rings. The van der Waals surface area contributed by atoms with Crippen molar-refractivity contribution in [3.05, 3.63) is 88.1 Å². The topological polar surface area (TPSA) is 29.0 Å². The van der Waals surface area contributed by atoms with E-state index in [1.165, 1.54) is 11.1 Å². The van der Waals surface area contributed by atoms with Gasteiger partial charge in [-0.2, -0.15) is 0 Å². The molecule has 29 heavy (non-hydrogen) atoms. The quantitative estimate of drug-likeness (QED) is 0.599. The number of fused-ring (bicyclic) bond motifs is 1. The Kier molecular flexibility index (Phi) is 4.19. The number of rotatable bonds is 3. The van der Waals surface area contributed by atoms with E-state index >= 15 is 0 Å². The number of nitrogens with zero attached hydrogens (tertiary/aromatic N) is 3. The van der Waals surface area contributed by atoms with Crippen LogP contribution in [0.25, 0.3) is 0 Å². The highest BCUT2D eigenvalue weighted by molar-refractivity contribution is 5.54. The van der Waals surface area contributed by atoms with Gasteiger partial charge >= 0.3 is 0 Å². The lowest BCUT2D eigenvalue weighted by molar-refractivity contribution is 0.606. The maximum absolute atomic E-state index is 13.4. The lowest BCUT2D eigenvalue weighted by Crippen LogP contribution is -2.35. The van der Waals surface area contributed by atoms with Gasteiger partial charge in [-0.3, -0.25) is 0 Å². The van der Waals surface area contributed by atoms with Crippen molar-refractivity contribution in [3.8, 4) is 0 Å². The van der Waals surface area contributed by atoms with E-state index in [0.717, 1.165) is 54.3 Å². The van der Waals surface area contributed by atoms with Gasteiger partial charge in [0.15, 0.2) is 0 Å². The van der Waals surface area contributed by atoms with Gasteiger partial charge in [-0.25, -0.2) is 14.4 Å². The fourth-order valence-electron chi connectivity index (χ4n) is 4.70. The molecule has 1 aliphatic carbocycles. The molecule has 0 amide bonds. The molecule has 2 heterocycles. The maximum Gasteiger partial charge on any atom is 0.141 e. The van der Waals surface area contributed by atoms with Crippen LogP contribution in [0, 0.1) is 19.7 Å². The van der Waals surface area contributed by atoms with E-state index in [0.29, 0.717) is 0 Å². The number of benzene rings is 2. The molecule has 4 heteroatoms. The average molecular weight is 388 g/mol. The van der Waals surface area contributed by atoms with Gasteiger partial charge in [-0.1, -0.05) is 36.4 Å². The molecule has 1 atom stereocenters. The summed E-state index contributed by atoms with van der Waals surface area (Å²) in [6.45, 7) is 7.42. The van der Waals surface area contributed by atoms with E-state index < -0.39 is 0 Å². The van der Waals surface area contributed by atoms with E-state index in [9.17, 15) is 4.39 Å². The average Bonchev–Trinajstić information content (AvgIpc) is 3.53. The maximum atomic E-state index is 13.4. The number of aromatic nitrogens is 2. The Morgan fingerprint density at radius 3 is 2.45 bits per heavy atom. The molecule has 1 unspecified atom stereocenters. The van der Waals surface area contributed by atoms with Crippen LogP contribution < -0.4 is 4.90 Å². The van der Waals surface area contributed by atoms with Gasteiger partial charge in [0.25, 0.3) is 0 Å². The molecule has 3 aromatic rings. The molecular formula is C25H26FN3. The summed E-state index contributed by atoms with van der Waals surface area (Å²) in [6.07, 6.45) is 3.05. The lowest BCUT2D eigenvalue weighted by atomic mass is 9.92. The van der Waals surface area contributed by atoms with Gasteiger partial charge in [-0.15, -0.1) is 0 Å². The zero-order valence-electron chi connectivity index (χ0n) is 17.2. The third-order valence-corrected chi connectivity index (χ3v) is 6.81. The summed E-state index contributed by atoms with van der Waals surface area (Å²) < 4.78 is 13.4. The monoisotopic (exact) mass is 387 g/mol. The number of aryl methyl sites for hydroxylation is 1. The minimum Gasteiger partial charge on any atom is -0.349 e. The normalized spacial score (nSPS) is 19.7. The van der Waals surface area contributed by atoms with Crippen molar-refractivity contribution in [2.75, 3.05) is 11.4 Å². The Morgan fingerprint density at radius 2 is 1.72 bits per heavy atom. The molecule has 0 spiro atoms. The van der Waals surface area contributed by atoms with Crippen molar-refractivity contribution in [1.29, 1.82) is 0 Å². The zero-order chi connectivity index (χ0) is 20.2. The highest BCUT2D eigenvalue weighted by Crippen LogP contribution is 2.52. The van der Waals surface area contributed by atoms with Gasteiger partial charge in [-0.05, 0) is 68.9 Å². The van der Waals surface area contributed by atoms with Gasteiger partial charge in [0.1, 0.15) is 17.5 Å². The summed E-state index contributed by atoms with van der Waals surface area (Å²) in [6, 6.07) is 15.9. The third-order valence-electron chi connectivity index (χ3n) is 6.81. The molecule has 0 radical (unpaired) electrons. The van der Waals surface area contributed by atoms with Gasteiger partial charge in [0.05, 0.1) is 11.5 Å². The molecule has 3 nitrogen and oxygen atoms in total. The molecular weight excluding hydrogens is 361 g/mol. The number of hydrogen-bond donors (Lipinski definition) is 0. The molecule has 1 aromatic heterocycles. The van der Waals surface area contributed by atoms with Crippen LogP contribution in [0.15, 0.2) is 48.5 Å². The molecule has 1 saturated carbocycles. The van der Waals surface area contributed by atoms with E-state index in [-0.39, 0.29) is 17.3 Å². The van der Waals surface area contributed by atoms with Crippen molar-refractivity contribution >= 4 is 5.82 Å². The van der Waals surface area contributed by atoms with Crippen LogP contribution >= 0.6 is 0 Å². The van der Waals surface area contributed by atoms with Crippen molar-refractivity contribution in [2.45, 2.75) is 51.5 Å². The molecule has 0 bridgehead atoms. The molecule has 0 saturated heterocycles. The zero-order valence-corrected chi connectivity index (χ0v) is 17.2. The first-order valence-corrected chi connectivity index (χ1v) is 10.5. The SMILES string of the molecule is Cc1nc(C2(c3ccc(F)cc3)CC2)nc(N2CCc3ccccc3C2C)c1C. The Bertz CT molecular complexity index is 1070. The summed E-state index contributed by atoms with van der Waals surface area (Å²) >= 11 is 0. The molecule has 5 rings (SSSR count). The minimum absolute atomic E-state index is 0.169. The van der Waals surface area contributed by atoms with Crippen LogP contribution in [-0.4, -0.2) is 16.5 Å². The summed E-state index contributed by atoms with van der Waals surface area (Å²) in [5.41, 5.74) is 5.95. The van der Waals surface area contributed by atoms with Crippen LogP contribution in [0.2, 0.25) is 0 Å². The van der Waals surface area contributed by atoms with Crippen LogP contribution in [0.5, 0.6) is 0 Å². The van der Waals surface area contributed by atoms with E-state index in [1.807, 2.05) is 12.1 Å². The van der Waals surface area contributed by atoms with Crippen molar-refractivity contribution < 1.29 is 4.39 Å². The summed E-state index contributed by atoms with van der Waals surface area (Å²) in [7, 11) is 0. The first-order chi connectivity index (χ1) is 14.0. The third kappa shape index (κ3) is 2.93. The second-order valence-corrected chi connectivity index (χ2v) is 8.49. The fraction of sp³-hybridized carbons (Fsp3) is 0.360. The fourth-order valence-corrected chi connectivity index (χ4v) is 4.70. The van der Waals surface area contributed by atoms with Gasteiger partial charge in [0.2, 0.25) is 0 Å².